The Morgan fingerprint density at radius 2 is 1.89 bits per heavy atom. The van der Waals surface area contributed by atoms with Crippen molar-refractivity contribution in [2.75, 3.05) is 19.6 Å². The van der Waals surface area contributed by atoms with Crippen LogP contribution in [0.5, 0.6) is 0 Å². The van der Waals surface area contributed by atoms with Crippen LogP contribution < -0.4 is 5.32 Å². The summed E-state index contributed by atoms with van der Waals surface area (Å²) in [5, 5.41) is 13.7. The molecule has 2 N–H and O–H groups in total. The van der Waals surface area contributed by atoms with Gasteiger partial charge in [-0.3, -0.25) is 4.90 Å². The summed E-state index contributed by atoms with van der Waals surface area (Å²) in [5.74, 6) is 0.453. The molecule has 3 atom stereocenters. The van der Waals surface area contributed by atoms with Crippen LogP contribution in [0.15, 0.2) is 30.3 Å². The fraction of sp³-hybridized carbons (Fsp3) is 0.625. The Morgan fingerprint density at radius 1 is 1.11 bits per heavy atom. The van der Waals surface area contributed by atoms with E-state index in [2.05, 4.69) is 40.5 Å². The molecule has 1 aromatic carbocycles. The van der Waals surface area contributed by atoms with E-state index in [0.717, 1.165) is 45.4 Å². The maximum Gasteiger partial charge on any atom is 0.0595 e. The van der Waals surface area contributed by atoms with Crippen LogP contribution in [0.1, 0.15) is 24.8 Å². The summed E-state index contributed by atoms with van der Waals surface area (Å²) in [6.07, 6.45) is 3.10. The number of fused-ring (bicyclic) bond motifs is 1. The van der Waals surface area contributed by atoms with Crippen LogP contribution in [0.4, 0.5) is 0 Å². The molecule has 2 aliphatic heterocycles. The van der Waals surface area contributed by atoms with Gasteiger partial charge in [0.15, 0.2) is 0 Å². The van der Waals surface area contributed by atoms with Gasteiger partial charge in [0.1, 0.15) is 0 Å². The zero-order valence-corrected chi connectivity index (χ0v) is 11.5. The van der Waals surface area contributed by atoms with E-state index in [1.54, 1.807) is 0 Å². The zero-order valence-electron chi connectivity index (χ0n) is 11.5. The highest BCUT2D eigenvalue weighted by molar-refractivity contribution is 5.14. The number of hydrogen-bond donors (Lipinski definition) is 2. The van der Waals surface area contributed by atoms with Crippen molar-refractivity contribution in [3.05, 3.63) is 35.9 Å². The highest BCUT2D eigenvalue weighted by atomic mass is 16.3. The van der Waals surface area contributed by atoms with Gasteiger partial charge in [-0.05, 0) is 44.5 Å². The molecule has 2 saturated heterocycles. The second-order valence-electron chi connectivity index (χ2n) is 5.92. The Kier molecular flexibility index (Phi) is 4.16. The molecule has 3 heteroatoms. The van der Waals surface area contributed by atoms with E-state index < -0.39 is 0 Å². The first kappa shape index (κ1) is 13.1. The molecular weight excluding hydrogens is 236 g/mol. The van der Waals surface area contributed by atoms with Crippen molar-refractivity contribution in [3.8, 4) is 0 Å². The van der Waals surface area contributed by atoms with E-state index in [4.69, 9.17) is 0 Å². The molecule has 0 radical (unpaired) electrons. The maximum absolute atomic E-state index is 10.1. The van der Waals surface area contributed by atoms with Gasteiger partial charge in [0.25, 0.3) is 0 Å². The molecule has 0 bridgehead atoms. The number of aliphatic hydroxyl groups excluding tert-OH is 1. The molecule has 0 aromatic heterocycles. The molecule has 104 valence electrons. The molecule has 0 aliphatic carbocycles. The van der Waals surface area contributed by atoms with Gasteiger partial charge in [-0.1, -0.05) is 30.3 Å². The molecule has 1 aromatic rings. The minimum absolute atomic E-state index is 0.0945. The van der Waals surface area contributed by atoms with Crippen molar-refractivity contribution in [2.24, 2.45) is 5.92 Å². The lowest BCUT2D eigenvalue weighted by atomic mass is 9.85. The third-order valence-corrected chi connectivity index (χ3v) is 4.64. The highest BCUT2D eigenvalue weighted by Crippen LogP contribution is 2.26. The topological polar surface area (TPSA) is 35.5 Å². The monoisotopic (exact) mass is 260 g/mol. The third kappa shape index (κ3) is 3.16. The van der Waals surface area contributed by atoms with Gasteiger partial charge in [0, 0.05) is 18.5 Å². The fourth-order valence-corrected chi connectivity index (χ4v) is 3.52. The van der Waals surface area contributed by atoms with Crippen LogP contribution in [0.25, 0.3) is 0 Å². The van der Waals surface area contributed by atoms with Gasteiger partial charge in [-0.15, -0.1) is 0 Å². The first-order valence-electron chi connectivity index (χ1n) is 7.50. The minimum atomic E-state index is -0.0945. The van der Waals surface area contributed by atoms with Crippen LogP contribution in [0, 0.1) is 5.92 Å². The predicted octanol–water partition coefficient (Wildman–Crippen LogP) is 1.62. The summed E-state index contributed by atoms with van der Waals surface area (Å²) in [7, 11) is 0. The number of rotatable bonds is 2. The van der Waals surface area contributed by atoms with E-state index in [0.29, 0.717) is 12.0 Å². The average molecular weight is 260 g/mol. The number of benzene rings is 1. The summed E-state index contributed by atoms with van der Waals surface area (Å²) >= 11 is 0. The van der Waals surface area contributed by atoms with Crippen LogP contribution in [0.3, 0.4) is 0 Å². The number of piperidine rings is 1. The SMILES string of the molecule is OC1CCNC2CCN(Cc3ccccc3)CCC12. The Hall–Kier alpha value is -0.900. The molecule has 2 aliphatic rings. The van der Waals surface area contributed by atoms with Gasteiger partial charge in [0.05, 0.1) is 6.10 Å². The molecule has 2 heterocycles. The maximum atomic E-state index is 10.1. The zero-order chi connectivity index (χ0) is 13.1. The van der Waals surface area contributed by atoms with Gasteiger partial charge >= 0.3 is 0 Å². The molecular formula is C16H24N2O. The first-order chi connectivity index (χ1) is 9.33. The summed E-state index contributed by atoms with van der Waals surface area (Å²) in [4.78, 5) is 2.53. The molecule has 0 amide bonds. The van der Waals surface area contributed by atoms with Gasteiger partial charge < -0.3 is 10.4 Å². The average Bonchev–Trinajstić information content (AvgIpc) is 2.64. The van der Waals surface area contributed by atoms with E-state index in [-0.39, 0.29) is 6.10 Å². The minimum Gasteiger partial charge on any atom is -0.393 e. The van der Waals surface area contributed by atoms with E-state index >= 15 is 0 Å². The van der Waals surface area contributed by atoms with Crippen LogP contribution in [-0.4, -0.2) is 41.8 Å². The summed E-state index contributed by atoms with van der Waals surface area (Å²) in [6.45, 7) is 4.25. The lowest BCUT2D eigenvalue weighted by molar-refractivity contribution is 0.0495. The van der Waals surface area contributed by atoms with Crippen molar-refractivity contribution in [1.82, 2.24) is 10.2 Å². The van der Waals surface area contributed by atoms with Crippen LogP contribution in [-0.2, 0) is 6.54 Å². The quantitative estimate of drug-likeness (QED) is 0.848. The second-order valence-corrected chi connectivity index (χ2v) is 5.92. The number of aliphatic hydroxyl groups is 1. The number of hydrogen-bond acceptors (Lipinski definition) is 3. The third-order valence-electron chi connectivity index (χ3n) is 4.64. The van der Waals surface area contributed by atoms with Crippen molar-refractivity contribution in [2.45, 2.75) is 38.0 Å². The normalized spacial score (nSPS) is 32.6. The van der Waals surface area contributed by atoms with Gasteiger partial charge in [-0.25, -0.2) is 0 Å². The van der Waals surface area contributed by atoms with Crippen molar-refractivity contribution < 1.29 is 5.11 Å². The van der Waals surface area contributed by atoms with Crippen molar-refractivity contribution in [1.29, 1.82) is 0 Å². The Morgan fingerprint density at radius 3 is 2.74 bits per heavy atom. The molecule has 3 nitrogen and oxygen atoms in total. The van der Waals surface area contributed by atoms with Crippen LogP contribution in [0.2, 0.25) is 0 Å². The van der Waals surface area contributed by atoms with E-state index in [1.807, 2.05) is 0 Å². The van der Waals surface area contributed by atoms with Crippen LogP contribution >= 0.6 is 0 Å². The summed E-state index contributed by atoms with van der Waals surface area (Å²) < 4.78 is 0. The smallest absolute Gasteiger partial charge is 0.0595 e. The largest absolute Gasteiger partial charge is 0.393 e. The van der Waals surface area contributed by atoms with Crippen molar-refractivity contribution >= 4 is 0 Å². The highest BCUT2D eigenvalue weighted by Gasteiger charge is 2.33. The summed E-state index contributed by atoms with van der Waals surface area (Å²) in [5.41, 5.74) is 1.39. The van der Waals surface area contributed by atoms with Gasteiger partial charge in [-0.2, -0.15) is 0 Å². The molecule has 3 unspecified atom stereocenters. The molecule has 19 heavy (non-hydrogen) atoms. The standard InChI is InChI=1S/C16H24N2O/c19-16-6-9-17-15-8-11-18(10-7-14(15)16)12-13-4-2-1-3-5-13/h1-5,14-17,19H,6-12H2. The Bertz CT molecular complexity index is 395. The summed E-state index contributed by atoms with van der Waals surface area (Å²) in [6, 6.07) is 11.2. The molecule has 2 fully saturated rings. The predicted molar refractivity (Wildman–Crippen MR) is 76.9 cm³/mol. The number of likely N-dealkylation sites (tertiary alicyclic amines) is 1. The lowest BCUT2D eigenvalue weighted by Gasteiger charge is -2.35. The fourth-order valence-electron chi connectivity index (χ4n) is 3.52. The lowest BCUT2D eigenvalue weighted by Crippen LogP contribution is -2.48. The van der Waals surface area contributed by atoms with Crippen molar-refractivity contribution in [3.63, 3.8) is 0 Å². The Labute approximate surface area is 115 Å². The molecule has 0 spiro atoms. The van der Waals surface area contributed by atoms with E-state index in [9.17, 15) is 5.11 Å². The second kappa shape index (κ2) is 6.04. The first-order valence-corrected chi connectivity index (χ1v) is 7.50. The number of nitrogens with zero attached hydrogens (tertiary/aromatic N) is 1. The van der Waals surface area contributed by atoms with E-state index in [1.165, 1.54) is 5.56 Å². The molecule has 0 saturated carbocycles. The molecule has 3 rings (SSSR count). The van der Waals surface area contributed by atoms with Gasteiger partial charge in [0.2, 0.25) is 0 Å². The number of nitrogens with one attached hydrogen (secondary N) is 1. The Balaban J connectivity index is 1.61.